The third-order valence-corrected chi connectivity index (χ3v) is 3.45. The smallest absolute Gasteiger partial charge is 0.192 e. The Morgan fingerprint density at radius 1 is 1.29 bits per heavy atom. The lowest BCUT2D eigenvalue weighted by Gasteiger charge is -2.04. The van der Waals surface area contributed by atoms with Gasteiger partial charge >= 0.3 is 0 Å². The van der Waals surface area contributed by atoms with Crippen molar-refractivity contribution in [1.29, 1.82) is 0 Å². The molecule has 2 aromatic rings. The predicted octanol–water partition coefficient (Wildman–Crippen LogP) is 3.16. The number of hydrogen-bond acceptors (Lipinski definition) is 4. The fourth-order valence-electron chi connectivity index (χ4n) is 1.39. The van der Waals surface area contributed by atoms with Gasteiger partial charge in [0.15, 0.2) is 5.16 Å². The molecule has 5 heteroatoms. The van der Waals surface area contributed by atoms with Gasteiger partial charge in [0.2, 0.25) is 0 Å². The number of hydrogen-bond donors (Lipinski definition) is 1. The number of benzene rings is 1. The summed E-state index contributed by atoms with van der Waals surface area (Å²) >= 11 is 4.98. The molecule has 0 bridgehead atoms. The van der Waals surface area contributed by atoms with Crippen molar-refractivity contribution in [1.82, 2.24) is 9.97 Å². The molecule has 0 aliphatic rings. The van der Waals surface area contributed by atoms with Gasteiger partial charge in [-0.25, -0.2) is 9.97 Å². The zero-order valence-corrected chi connectivity index (χ0v) is 11.8. The van der Waals surface area contributed by atoms with E-state index in [1.54, 1.807) is 0 Å². The largest absolute Gasteiger partial charge is 0.325 e. The molecule has 0 radical (unpaired) electrons. The third-order valence-electron chi connectivity index (χ3n) is 2.10. The monoisotopic (exact) mass is 309 g/mol. The number of rotatable bonds is 3. The van der Waals surface area contributed by atoms with Crippen molar-refractivity contribution in [3.05, 3.63) is 46.2 Å². The van der Waals surface area contributed by atoms with Crippen LogP contribution < -0.4 is 5.73 Å². The summed E-state index contributed by atoms with van der Waals surface area (Å²) in [5.74, 6) is 0. The highest BCUT2D eigenvalue weighted by atomic mass is 79.9. The third kappa shape index (κ3) is 3.52. The normalized spacial score (nSPS) is 10.5. The van der Waals surface area contributed by atoms with Gasteiger partial charge in [-0.05, 0) is 43.0 Å². The summed E-state index contributed by atoms with van der Waals surface area (Å²) in [4.78, 5) is 9.88. The quantitative estimate of drug-likeness (QED) is 0.885. The first kappa shape index (κ1) is 12.5. The van der Waals surface area contributed by atoms with Gasteiger partial charge in [-0.2, -0.15) is 0 Å². The van der Waals surface area contributed by atoms with Crippen molar-refractivity contribution in [2.75, 3.05) is 0 Å². The summed E-state index contributed by atoms with van der Waals surface area (Å²) in [5.41, 5.74) is 7.41. The van der Waals surface area contributed by atoms with Gasteiger partial charge in [-0.3, -0.25) is 0 Å². The highest BCUT2D eigenvalue weighted by molar-refractivity contribution is 9.10. The van der Waals surface area contributed by atoms with Crippen LogP contribution in [-0.2, 0) is 6.54 Å². The summed E-state index contributed by atoms with van der Waals surface area (Å²) in [6.07, 6.45) is 0. The topological polar surface area (TPSA) is 51.8 Å². The Balaban J connectivity index is 2.26. The Hall–Kier alpha value is -0.910. The molecule has 88 valence electrons. The van der Waals surface area contributed by atoms with Crippen molar-refractivity contribution < 1.29 is 0 Å². The van der Waals surface area contributed by atoms with E-state index in [4.69, 9.17) is 5.73 Å². The summed E-state index contributed by atoms with van der Waals surface area (Å²) < 4.78 is 1.05. The molecule has 0 aliphatic heterocycles. The van der Waals surface area contributed by atoms with Gasteiger partial charge < -0.3 is 5.73 Å². The average Bonchev–Trinajstić information content (AvgIpc) is 2.28. The molecule has 1 heterocycles. The Bertz CT molecular complexity index is 531. The van der Waals surface area contributed by atoms with E-state index in [0.29, 0.717) is 6.54 Å². The first-order valence-corrected chi connectivity index (χ1v) is 6.76. The lowest BCUT2D eigenvalue weighted by atomic mass is 10.3. The van der Waals surface area contributed by atoms with Gasteiger partial charge in [-0.15, -0.1) is 0 Å². The van der Waals surface area contributed by atoms with Gasteiger partial charge in [0, 0.05) is 21.6 Å². The molecule has 0 unspecified atom stereocenters. The molecule has 0 fully saturated rings. The van der Waals surface area contributed by atoms with Gasteiger partial charge in [0.05, 0.1) is 5.69 Å². The van der Waals surface area contributed by atoms with E-state index in [9.17, 15) is 0 Å². The van der Waals surface area contributed by atoms with Crippen LogP contribution in [0.25, 0.3) is 0 Å². The van der Waals surface area contributed by atoms with Crippen LogP contribution in [0.2, 0.25) is 0 Å². The first-order chi connectivity index (χ1) is 8.17. The predicted molar refractivity (Wildman–Crippen MR) is 72.9 cm³/mol. The highest BCUT2D eigenvalue weighted by Gasteiger charge is 2.04. The van der Waals surface area contributed by atoms with Crippen molar-refractivity contribution in [2.24, 2.45) is 5.73 Å². The maximum atomic E-state index is 5.60. The van der Waals surface area contributed by atoms with E-state index in [2.05, 4.69) is 25.9 Å². The standard InChI is InChI=1S/C12H12BrN3S/c1-8-5-10(7-14)16-12(15-8)17-11-4-2-3-9(13)6-11/h2-6H,7,14H2,1H3. The Kier molecular flexibility index (Phi) is 4.15. The van der Waals surface area contributed by atoms with E-state index in [1.165, 1.54) is 11.8 Å². The van der Waals surface area contributed by atoms with Crippen molar-refractivity contribution in [3.63, 3.8) is 0 Å². The number of nitrogens with two attached hydrogens (primary N) is 1. The van der Waals surface area contributed by atoms with E-state index >= 15 is 0 Å². The van der Waals surface area contributed by atoms with Gasteiger partial charge in [0.25, 0.3) is 0 Å². The van der Waals surface area contributed by atoms with Crippen LogP contribution >= 0.6 is 27.7 Å². The molecule has 1 aromatic heterocycles. The molecule has 3 nitrogen and oxygen atoms in total. The molecular formula is C12H12BrN3S. The lowest BCUT2D eigenvalue weighted by molar-refractivity contribution is 0.854. The molecule has 0 aliphatic carbocycles. The molecule has 0 spiro atoms. The second-order valence-corrected chi connectivity index (χ2v) is 5.50. The Labute approximate surface area is 113 Å². The van der Waals surface area contributed by atoms with Crippen LogP contribution in [0.15, 0.2) is 44.9 Å². The molecule has 0 amide bonds. The van der Waals surface area contributed by atoms with Crippen LogP contribution in [0, 0.1) is 6.92 Å². The molecule has 0 saturated heterocycles. The Morgan fingerprint density at radius 3 is 2.82 bits per heavy atom. The second kappa shape index (κ2) is 5.62. The van der Waals surface area contributed by atoms with E-state index in [-0.39, 0.29) is 0 Å². The maximum Gasteiger partial charge on any atom is 0.192 e. The minimum atomic E-state index is 0.440. The van der Waals surface area contributed by atoms with Crippen LogP contribution in [0.4, 0.5) is 0 Å². The van der Waals surface area contributed by atoms with Crippen molar-refractivity contribution in [2.45, 2.75) is 23.5 Å². The number of nitrogens with zero attached hydrogens (tertiary/aromatic N) is 2. The molecule has 2 rings (SSSR count). The fraction of sp³-hybridized carbons (Fsp3) is 0.167. The van der Waals surface area contributed by atoms with Crippen LogP contribution in [0.1, 0.15) is 11.4 Å². The number of halogens is 1. The highest BCUT2D eigenvalue weighted by Crippen LogP contribution is 2.27. The van der Waals surface area contributed by atoms with E-state index in [0.717, 1.165) is 25.9 Å². The van der Waals surface area contributed by atoms with Crippen LogP contribution in [0.5, 0.6) is 0 Å². The van der Waals surface area contributed by atoms with Gasteiger partial charge in [0.1, 0.15) is 0 Å². The van der Waals surface area contributed by atoms with E-state index in [1.807, 2.05) is 37.3 Å². The molecular weight excluding hydrogens is 298 g/mol. The lowest BCUT2D eigenvalue weighted by Crippen LogP contribution is -2.02. The van der Waals surface area contributed by atoms with Crippen LogP contribution in [0.3, 0.4) is 0 Å². The SMILES string of the molecule is Cc1cc(CN)nc(Sc2cccc(Br)c2)n1. The fourth-order valence-corrected chi connectivity index (χ4v) is 2.84. The molecule has 17 heavy (non-hydrogen) atoms. The maximum absolute atomic E-state index is 5.60. The molecule has 0 saturated carbocycles. The summed E-state index contributed by atoms with van der Waals surface area (Å²) in [7, 11) is 0. The molecule has 0 atom stereocenters. The Morgan fingerprint density at radius 2 is 2.12 bits per heavy atom. The van der Waals surface area contributed by atoms with Gasteiger partial charge in [-0.1, -0.05) is 22.0 Å². The summed E-state index contributed by atoms with van der Waals surface area (Å²) in [6, 6.07) is 9.96. The molecule has 1 aromatic carbocycles. The number of aromatic nitrogens is 2. The van der Waals surface area contributed by atoms with Crippen molar-refractivity contribution >= 4 is 27.7 Å². The first-order valence-electron chi connectivity index (χ1n) is 5.15. The van der Waals surface area contributed by atoms with E-state index < -0.39 is 0 Å². The molecule has 2 N–H and O–H groups in total. The summed E-state index contributed by atoms with van der Waals surface area (Å²) in [6.45, 7) is 2.39. The second-order valence-electron chi connectivity index (χ2n) is 3.55. The van der Waals surface area contributed by atoms with Crippen molar-refractivity contribution in [3.8, 4) is 0 Å². The zero-order chi connectivity index (χ0) is 12.3. The van der Waals surface area contributed by atoms with Crippen LogP contribution in [-0.4, -0.2) is 9.97 Å². The minimum absolute atomic E-state index is 0.440. The summed E-state index contributed by atoms with van der Waals surface area (Å²) in [5, 5.41) is 0.739. The zero-order valence-electron chi connectivity index (χ0n) is 9.35. The average molecular weight is 310 g/mol. The minimum Gasteiger partial charge on any atom is -0.325 e. The number of aryl methyl sites for hydroxylation is 1.